The summed E-state index contributed by atoms with van der Waals surface area (Å²) in [4.78, 5) is 22.9. The third-order valence-corrected chi connectivity index (χ3v) is 3.90. The van der Waals surface area contributed by atoms with Crippen molar-refractivity contribution in [3.05, 3.63) is 41.0 Å². The lowest BCUT2D eigenvalue weighted by Crippen LogP contribution is -2.33. The number of benzene rings is 1. The van der Waals surface area contributed by atoms with Crippen LogP contribution in [0.25, 0.3) is 11.4 Å². The molecule has 2 heterocycles. The quantitative estimate of drug-likeness (QED) is 0.514. The zero-order chi connectivity index (χ0) is 15.5. The van der Waals surface area contributed by atoms with Crippen molar-refractivity contribution in [2.45, 2.75) is 12.8 Å². The minimum absolute atomic E-state index is 0.385. The Morgan fingerprint density at radius 3 is 2.55 bits per heavy atom. The van der Waals surface area contributed by atoms with Gasteiger partial charge < -0.3 is 4.90 Å². The van der Waals surface area contributed by atoms with Gasteiger partial charge in [-0.25, -0.2) is 15.8 Å². The molecule has 1 amide bonds. The molecule has 22 heavy (non-hydrogen) atoms. The normalized spacial score (nSPS) is 14.2. The summed E-state index contributed by atoms with van der Waals surface area (Å²) >= 11 is 5.90. The van der Waals surface area contributed by atoms with Crippen LogP contribution >= 0.6 is 11.6 Å². The fourth-order valence-electron chi connectivity index (χ4n) is 2.52. The van der Waals surface area contributed by atoms with Crippen molar-refractivity contribution in [1.82, 2.24) is 15.4 Å². The molecule has 1 saturated heterocycles. The second kappa shape index (κ2) is 6.29. The highest BCUT2D eigenvalue weighted by atomic mass is 35.5. The van der Waals surface area contributed by atoms with Crippen molar-refractivity contribution in [3.8, 4) is 11.4 Å². The Balaban J connectivity index is 2.04. The van der Waals surface area contributed by atoms with Crippen LogP contribution in [0.4, 0.5) is 5.82 Å². The highest BCUT2D eigenvalue weighted by Crippen LogP contribution is 2.26. The highest BCUT2D eigenvalue weighted by Gasteiger charge is 2.22. The van der Waals surface area contributed by atoms with Crippen molar-refractivity contribution in [2.75, 3.05) is 18.0 Å². The fourth-order valence-corrected chi connectivity index (χ4v) is 2.64. The summed E-state index contributed by atoms with van der Waals surface area (Å²) in [7, 11) is 0. The Morgan fingerprint density at radius 1 is 1.23 bits per heavy atom. The third kappa shape index (κ3) is 2.88. The smallest absolute Gasteiger partial charge is 0.270 e. The first kappa shape index (κ1) is 14.7. The number of amides is 1. The second-order valence-corrected chi connectivity index (χ2v) is 5.54. The van der Waals surface area contributed by atoms with Gasteiger partial charge in [0.25, 0.3) is 5.91 Å². The van der Waals surface area contributed by atoms with Crippen LogP contribution in [0, 0.1) is 0 Å². The van der Waals surface area contributed by atoms with Gasteiger partial charge in [-0.2, -0.15) is 0 Å². The van der Waals surface area contributed by atoms with Gasteiger partial charge in [-0.05, 0) is 37.1 Å². The Hall–Kier alpha value is -2.18. The van der Waals surface area contributed by atoms with Gasteiger partial charge in [0.15, 0.2) is 5.82 Å². The van der Waals surface area contributed by atoms with Gasteiger partial charge in [-0.1, -0.05) is 11.6 Å². The van der Waals surface area contributed by atoms with Crippen LogP contribution in [0.5, 0.6) is 0 Å². The van der Waals surface area contributed by atoms with Crippen molar-refractivity contribution in [1.29, 1.82) is 0 Å². The van der Waals surface area contributed by atoms with E-state index in [4.69, 9.17) is 17.4 Å². The fraction of sp³-hybridized carbons (Fsp3) is 0.267. The first-order chi connectivity index (χ1) is 10.7. The number of nitrogens with one attached hydrogen (secondary N) is 1. The molecular formula is C15H16ClN5O. The summed E-state index contributed by atoms with van der Waals surface area (Å²) in [6.07, 6.45) is 3.70. The predicted octanol–water partition coefficient (Wildman–Crippen LogP) is 2.00. The van der Waals surface area contributed by atoms with Gasteiger partial charge in [0, 0.05) is 29.9 Å². The number of nitrogens with zero attached hydrogens (tertiary/aromatic N) is 3. The highest BCUT2D eigenvalue weighted by molar-refractivity contribution is 6.30. The molecule has 0 unspecified atom stereocenters. The van der Waals surface area contributed by atoms with Crippen LogP contribution < -0.4 is 16.2 Å². The molecule has 6 nitrogen and oxygen atoms in total. The van der Waals surface area contributed by atoms with Crippen molar-refractivity contribution in [2.24, 2.45) is 5.84 Å². The van der Waals surface area contributed by atoms with Gasteiger partial charge >= 0.3 is 0 Å². The van der Waals surface area contributed by atoms with E-state index in [1.165, 1.54) is 6.20 Å². The second-order valence-electron chi connectivity index (χ2n) is 5.11. The zero-order valence-corrected chi connectivity index (χ0v) is 12.7. The van der Waals surface area contributed by atoms with Gasteiger partial charge in [0.2, 0.25) is 0 Å². The molecule has 1 aliphatic rings. The lowest BCUT2D eigenvalue weighted by molar-refractivity contribution is 0.0953. The van der Waals surface area contributed by atoms with E-state index in [-0.39, 0.29) is 5.91 Å². The van der Waals surface area contributed by atoms with E-state index in [0.717, 1.165) is 31.5 Å². The molecule has 3 N–H and O–H groups in total. The van der Waals surface area contributed by atoms with Crippen LogP contribution in [-0.2, 0) is 0 Å². The molecule has 1 aromatic carbocycles. The van der Waals surface area contributed by atoms with Gasteiger partial charge in [0.05, 0.1) is 0 Å². The molecule has 1 aliphatic heterocycles. The molecule has 0 aliphatic carbocycles. The number of halogens is 1. The number of anilines is 1. The van der Waals surface area contributed by atoms with E-state index >= 15 is 0 Å². The number of hydrazine groups is 1. The number of carbonyl (C=O) groups excluding carboxylic acids is 1. The number of hydrogen-bond acceptors (Lipinski definition) is 5. The summed E-state index contributed by atoms with van der Waals surface area (Å²) in [6, 6.07) is 7.29. The average Bonchev–Trinajstić information content (AvgIpc) is 3.08. The maximum Gasteiger partial charge on any atom is 0.270 e. The van der Waals surface area contributed by atoms with Crippen molar-refractivity contribution >= 4 is 23.3 Å². The van der Waals surface area contributed by atoms with Crippen molar-refractivity contribution in [3.63, 3.8) is 0 Å². The zero-order valence-electron chi connectivity index (χ0n) is 11.9. The third-order valence-electron chi connectivity index (χ3n) is 3.65. The summed E-state index contributed by atoms with van der Waals surface area (Å²) in [6.45, 7) is 1.75. The van der Waals surface area contributed by atoms with Crippen LogP contribution in [0.2, 0.25) is 5.02 Å². The molecule has 1 fully saturated rings. The molecule has 0 spiro atoms. The number of rotatable bonds is 3. The number of carbonyl (C=O) groups is 1. The van der Waals surface area contributed by atoms with Crippen LogP contribution in [0.1, 0.15) is 23.2 Å². The van der Waals surface area contributed by atoms with Crippen molar-refractivity contribution < 1.29 is 4.79 Å². The lowest BCUT2D eigenvalue weighted by Gasteiger charge is -2.19. The minimum atomic E-state index is -0.385. The first-order valence-electron chi connectivity index (χ1n) is 7.08. The van der Waals surface area contributed by atoms with E-state index in [1.807, 2.05) is 12.1 Å². The molecule has 0 radical (unpaired) electrons. The molecule has 0 bridgehead atoms. The lowest BCUT2D eigenvalue weighted by atomic mass is 10.2. The number of nitrogens with two attached hydrogens (primary N) is 1. The molecular weight excluding hydrogens is 302 g/mol. The Kier molecular flexibility index (Phi) is 4.22. The molecule has 2 aromatic rings. The Morgan fingerprint density at radius 2 is 1.91 bits per heavy atom. The van der Waals surface area contributed by atoms with E-state index in [9.17, 15) is 4.79 Å². The summed E-state index contributed by atoms with van der Waals surface area (Å²) in [5.41, 5.74) is 3.39. The van der Waals surface area contributed by atoms with E-state index in [0.29, 0.717) is 22.2 Å². The predicted molar refractivity (Wildman–Crippen MR) is 85.6 cm³/mol. The van der Waals surface area contributed by atoms with E-state index in [2.05, 4.69) is 20.3 Å². The minimum Gasteiger partial charge on any atom is -0.356 e. The maximum atomic E-state index is 11.9. The van der Waals surface area contributed by atoms with E-state index in [1.54, 1.807) is 12.1 Å². The molecule has 114 valence electrons. The largest absolute Gasteiger partial charge is 0.356 e. The first-order valence-corrected chi connectivity index (χ1v) is 7.45. The topological polar surface area (TPSA) is 84.1 Å². The molecule has 3 rings (SSSR count). The molecule has 0 saturated carbocycles. The van der Waals surface area contributed by atoms with Crippen LogP contribution in [-0.4, -0.2) is 29.0 Å². The summed E-state index contributed by atoms with van der Waals surface area (Å²) in [5.74, 6) is 6.05. The Bertz CT molecular complexity index is 683. The SMILES string of the molecule is NNC(=O)c1cnc(-c2ccc(Cl)cc2)nc1N1CCCC1. The van der Waals surface area contributed by atoms with Crippen LogP contribution in [0.3, 0.4) is 0 Å². The monoisotopic (exact) mass is 317 g/mol. The van der Waals surface area contributed by atoms with Gasteiger partial charge in [-0.3, -0.25) is 10.2 Å². The number of hydrogen-bond donors (Lipinski definition) is 2. The number of aromatic nitrogens is 2. The Labute approximate surface area is 133 Å². The summed E-state index contributed by atoms with van der Waals surface area (Å²) < 4.78 is 0. The number of nitrogen functional groups attached to an aromatic ring is 1. The van der Waals surface area contributed by atoms with Crippen LogP contribution in [0.15, 0.2) is 30.5 Å². The van der Waals surface area contributed by atoms with Gasteiger partial charge in [0.1, 0.15) is 11.4 Å². The summed E-state index contributed by atoms with van der Waals surface area (Å²) in [5, 5.41) is 0.655. The molecule has 0 atom stereocenters. The average molecular weight is 318 g/mol. The van der Waals surface area contributed by atoms with E-state index < -0.39 is 0 Å². The molecule has 1 aromatic heterocycles. The maximum absolute atomic E-state index is 11.9. The van der Waals surface area contributed by atoms with Gasteiger partial charge in [-0.15, -0.1) is 0 Å². The standard InChI is InChI=1S/C15H16ClN5O/c16-11-5-3-10(4-6-11)13-18-9-12(15(22)20-17)14(19-13)21-7-1-2-8-21/h3-6,9H,1-2,7-8,17H2,(H,20,22). The molecule has 7 heteroatoms.